The molecule has 0 aliphatic rings. The second kappa shape index (κ2) is 7.48. The largest absolute Gasteiger partial charge is 0.351 e. The van der Waals surface area contributed by atoms with E-state index >= 15 is 0 Å². The topological polar surface area (TPSA) is 81.1 Å². The highest BCUT2D eigenvalue weighted by atomic mass is 32.2. The van der Waals surface area contributed by atoms with Gasteiger partial charge in [0, 0.05) is 30.9 Å². The third-order valence-corrected chi connectivity index (χ3v) is 5.24. The molecule has 1 aromatic carbocycles. The van der Waals surface area contributed by atoms with Crippen LogP contribution in [-0.4, -0.2) is 36.7 Å². The number of pyridine rings is 1. The lowest BCUT2D eigenvalue weighted by Gasteiger charge is -2.11. The predicted octanol–water partition coefficient (Wildman–Crippen LogP) is 2.77. The summed E-state index contributed by atoms with van der Waals surface area (Å²) in [6, 6.07) is 9.13. The average Bonchev–Trinajstić information content (AvgIpc) is 2.98. The second-order valence-corrected chi connectivity index (χ2v) is 8.37. The number of amides is 1. The minimum atomic E-state index is -3.41. The Hall–Kier alpha value is -2.74. The Bertz CT molecular complexity index is 1090. The van der Waals surface area contributed by atoms with E-state index in [9.17, 15) is 17.6 Å². The van der Waals surface area contributed by atoms with Crippen molar-refractivity contribution in [1.29, 1.82) is 0 Å². The molecule has 2 aromatic heterocycles. The monoisotopic (exact) mass is 389 g/mol. The number of carbonyl (C=O) groups is 1. The molecule has 0 bridgehead atoms. The van der Waals surface area contributed by atoms with E-state index in [1.807, 2.05) is 6.92 Å². The van der Waals surface area contributed by atoms with Gasteiger partial charge < -0.3 is 9.88 Å². The standard InChI is InChI=1S/C19H20FN3O3S/c1-3-8-21-19(24)17-10-14-9-16(27(2,25)26)11-22-18(14)23(17)12-13-4-6-15(20)7-5-13/h4-7,9-11H,3,8,12H2,1-2H3,(H,21,24). The zero-order chi connectivity index (χ0) is 19.6. The minimum Gasteiger partial charge on any atom is -0.351 e. The van der Waals surface area contributed by atoms with E-state index in [-0.39, 0.29) is 16.6 Å². The van der Waals surface area contributed by atoms with Crippen molar-refractivity contribution in [1.82, 2.24) is 14.9 Å². The number of nitrogens with zero attached hydrogens (tertiary/aromatic N) is 2. The molecule has 8 heteroatoms. The smallest absolute Gasteiger partial charge is 0.267 e. The lowest BCUT2D eigenvalue weighted by atomic mass is 10.2. The van der Waals surface area contributed by atoms with E-state index in [1.165, 1.54) is 24.4 Å². The molecule has 0 aliphatic heterocycles. The number of nitrogens with one attached hydrogen (secondary N) is 1. The number of rotatable bonds is 6. The fourth-order valence-electron chi connectivity index (χ4n) is 2.78. The second-order valence-electron chi connectivity index (χ2n) is 6.35. The van der Waals surface area contributed by atoms with Crippen molar-refractivity contribution in [2.45, 2.75) is 24.8 Å². The highest BCUT2D eigenvalue weighted by Crippen LogP contribution is 2.23. The summed E-state index contributed by atoms with van der Waals surface area (Å²) < 4.78 is 38.5. The van der Waals surface area contributed by atoms with Crippen LogP contribution in [-0.2, 0) is 16.4 Å². The molecule has 0 spiro atoms. The summed E-state index contributed by atoms with van der Waals surface area (Å²) in [4.78, 5) is 16.9. The molecule has 6 nitrogen and oxygen atoms in total. The maximum atomic E-state index is 13.2. The first-order valence-electron chi connectivity index (χ1n) is 8.51. The fourth-order valence-corrected chi connectivity index (χ4v) is 3.36. The summed E-state index contributed by atoms with van der Waals surface area (Å²) in [5.74, 6) is -0.606. The van der Waals surface area contributed by atoms with Crippen molar-refractivity contribution in [2.75, 3.05) is 12.8 Å². The van der Waals surface area contributed by atoms with Gasteiger partial charge in [-0.15, -0.1) is 0 Å². The number of carbonyl (C=O) groups excluding carboxylic acids is 1. The van der Waals surface area contributed by atoms with Gasteiger partial charge in [-0.1, -0.05) is 19.1 Å². The number of hydrogen-bond donors (Lipinski definition) is 1. The Morgan fingerprint density at radius 1 is 1.22 bits per heavy atom. The first-order valence-corrected chi connectivity index (χ1v) is 10.4. The molecule has 3 aromatic rings. The molecule has 0 unspecified atom stereocenters. The Labute approximate surface area is 157 Å². The Morgan fingerprint density at radius 2 is 1.93 bits per heavy atom. The van der Waals surface area contributed by atoms with Crippen LogP contribution in [0, 0.1) is 5.82 Å². The quantitative estimate of drug-likeness (QED) is 0.703. The van der Waals surface area contributed by atoms with Gasteiger partial charge in [-0.2, -0.15) is 0 Å². The van der Waals surface area contributed by atoms with E-state index in [0.29, 0.717) is 29.8 Å². The predicted molar refractivity (Wildman–Crippen MR) is 101 cm³/mol. The van der Waals surface area contributed by atoms with Crippen LogP contribution in [0.25, 0.3) is 11.0 Å². The van der Waals surface area contributed by atoms with Gasteiger partial charge in [0.15, 0.2) is 9.84 Å². The molecule has 0 saturated heterocycles. The van der Waals surface area contributed by atoms with Crippen LogP contribution in [0.5, 0.6) is 0 Å². The molecule has 0 atom stereocenters. The van der Waals surface area contributed by atoms with Crippen LogP contribution < -0.4 is 5.32 Å². The van der Waals surface area contributed by atoms with Crippen molar-refractivity contribution in [3.63, 3.8) is 0 Å². The Balaban J connectivity index is 2.11. The Kier molecular flexibility index (Phi) is 5.27. The maximum Gasteiger partial charge on any atom is 0.267 e. The van der Waals surface area contributed by atoms with Crippen molar-refractivity contribution < 1.29 is 17.6 Å². The maximum absolute atomic E-state index is 13.2. The number of halogens is 1. The van der Waals surface area contributed by atoms with Gasteiger partial charge in [0.05, 0.1) is 4.90 Å². The number of hydrogen-bond acceptors (Lipinski definition) is 4. The lowest BCUT2D eigenvalue weighted by molar-refractivity contribution is 0.0945. The van der Waals surface area contributed by atoms with E-state index in [4.69, 9.17) is 0 Å². The summed E-state index contributed by atoms with van der Waals surface area (Å²) >= 11 is 0. The molecule has 1 amide bonds. The van der Waals surface area contributed by atoms with Crippen molar-refractivity contribution in [3.05, 3.63) is 59.7 Å². The molecule has 0 aliphatic carbocycles. The van der Waals surface area contributed by atoms with Gasteiger partial charge in [0.2, 0.25) is 0 Å². The molecule has 0 radical (unpaired) electrons. The van der Waals surface area contributed by atoms with Gasteiger partial charge in [-0.05, 0) is 36.2 Å². The van der Waals surface area contributed by atoms with E-state index in [2.05, 4.69) is 10.3 Å². The first kappa shape index (κ1) is 19.0. The summed E-state index contributed by atoms with van der Waals surface area (Å²) in [5, 5.41) is 3.38. The summed E-state index contributed by atoms with van der Waals surface area (Å²) in [6.07, 6.45) is 3.19. The summed E-state index contributed by atoms with van der Waals surface area (Å²) in [5.41, 5.74) is 1.67. The molecule has 142 valence electrons. The molecule has 27 heavy (non-hydrogen) atoms. The van der Waals surface area contributed by atoms with Gasteiger partial charge >= 0.3 is 0 Å². The fraction of sp³-hybridized carbons (Fsp3) is 0.263. The zero-order valence-electron chi connectivity index (χ0n) is 15.1. The van der Waals surface area contributed by atoms with Crippen LogP contribution in [0.2, 0.25) is 0 Å². The van der Waals surface area contributed by atoms with Crippen LogP contribution in [0.15, 0.2) is 47.5 Å². The van der Waals surface area contributed by atoms with E-state index < -0.39 is 9.84 Å². The lowest BCUT2D eigenvalue weighted by Crippen LogP contribution is -2.26. The van der Waals surface area contributed by atoms with Crippen molar-refractivity contribution in [3.8, 4) is 0 Å². The first-order chi connectivity index (χ1) is 12.8. The van der Waals surface area contributed by atoms with Crippen LogP contribution >= 0.6 is 0 Å². The molecule has 2 heterocycles. The third kappa shape index (κ3) is 4.16. The van der Waals surface area contributed by atoms with Crippen LogP contribution in [0.3, 0.4) is 0 Å². The number of sulfone groups is 1. The van der Waals surface area contributed by atoms with Gasteiger partial charge in [0.25, 0.3) is 5.91 Å². The molecular weight excluding hydrogens is 369 g/mol. The molecule has 0 saturated carbocycles. The molecule has 1 N–H and O–H groups in total. The Morgan fingerprint density at radius 3 is 2.56 bits per heavy atom. The highest BCUT2D eigenvalue weighted by molar-refractivity contribution is 7.90. The number of fused-ring (bicyclic) bond motifs is 1. The van der Waals surface area contributed by atoms with Gasteiger partial charge in [0.1, 0.15) is 17.2 Å². The highest BCUT2D eigenvalue weighted by Gasteiger charge is 2.18. The van der Waals surface area contributed by atoms with Crippen LogP contribution in [0.4, 0.5) is 4.39 Å². The number of benzene rings is 1. The number of aromatic nitrogens is 2. The van der Waals surface area contributed by atoms with Crippen LogP contribution in [0.1, 0.15) is 29.4 Å². The zero-order valence-corrected chi connectivity index (χ0v) is 15.9. The average molecular weight is 389 g/mol. The van der Waals surface area contributed by atoms with Crippen molar-refractivity contribution in [2.24, 2.45) is 0 Å². The van der Waals surface area contributed by atoms with Gasteiger partial charge in [-0.25, -0.2) is 17.8 Å². The SMILES string of the molecule is CCCNC(=O)c1cc2cc(S(C)(=O)=O)cnc2n1Cc1ccc(F)cc1. The molecule has 0 fully saturated rings. The van der Waals surface area contributed by atoms with Crippen molar-refractivity contribution >= 4 is 26.8 Å². The summed E-state index contributed by atoms with van der Waals surface area (Å²) in [6.45, 7) is 2.79. The normalized spacial score (nSPS) is 11.7. The summed E-state index contributed by atoms with van der Waals surface area (Å²) in [7, 11) is -3.41. The van der Waals surface area contributed by atoms with Gasteiger partial charge in [-0.3, -0.25) is 4.79 Å². The van der Waals surface area contributed by atoms with E-state index in [0.717, 1.165) is 18.2 Å². The molecule has 3 rings (SSSR count). The minimum absolute atomic E-state index is 0.0921. The van der Waals surface area contributed by atoms with E-state index in [1.54, 1.807) is 22.8 Å². The molecular formula is C19H20FN3O3S. The third-order valence-electron chi connectivity index (χ3n) is 4.16.